The molecule has 0 unspecified atom stereocenters. The van der Waals surface area contributed by atoms with E-state index in [1.54, 1.807) is 11.3 Å². The maximum Gasteiger partial charge on any atom is 0.193 e. The van der Waals surface area contributed by atoms with Gasteiger partial charge in [-0.25, -0.2) is 4.98 Å². The Balaban J connectivity index is 2.27. The van der Waals surface area contributed by atoms with Crippen LogP contribution in [0.2, 0.25) is 0 Å². The number of nitrogens with zero attached hydrogens (tertiary/aromatic N) is 3. The van der Waals surface area contributed by atoms with Crippen molar-refractivity contribution >= 4 is 16.3 Å². The minimum atomic E-state index is 0.546. The SMILES string of the molecule is N#CCCc1cn2ccsc2n1. The summed E-state index contributed by atoms with van der Waals surface area (Å²) in [7, 11) is 0. The maximum absolute atomic E-state index is 8.37. The Labute approximate surface area is 73.9 Å². The second kappa shape index (κ2) is 2.95. The molecule has 0 aliphatic rings. The van der Waals surface area contributed by atoms with Crippen LogP contribution in [-0.4, -0.2) is 9.38 Å². The lowest BCUT2D eigenvalue weighted by molar-refractivity contribution is 0.970. The zero-order valence-corrected chi connectivity index (χ0v) is 7.21. The van der Waals surface area contributed by atoms with Crippen molar-refractivity contribution in [3.63, 3.8) is 0 Å². The van der Waals surface area contributed by atoms with Crippen molar-refractivity contribution < 1.29 is 0 Å². The molecular weight excluding hydrogens is 170 g/mol. The molecule has 0 N–H and O–H groups in total. The lowest BCUT2D eigenvalue weighted by Gasteiger charge is -1.84. The topological polar surface area (TPSA) is 41.1 Å². The first-order valence-electron chi connectivity index (χ1n) is 3.68. The van der Waals surface area contributed by atoms with Crippen LogP contribution in [0.4, 0.5) is 0 Å². The first-order valence-corrected chi connectivity index (χ1v) is 4.56. The molecule has 0 aromatic carbocycles. The van der Waals surface area contributed by atoms with Crippen LogP contribution in [0, 0.1) is 11.3 Å². The number of fused-ring (bicyclic) bond motifs is 1. The van der Waals surface area contributed by atoms with Crippen molar-refractivity contribution in [2.75, 3.05) is 0 Å². The fourth-order valence-electron chi connectivity index (χ4n) is 1.08. The van der Waals surface area contributed by atoms with Crippen molar-refractivity contribution in [2.24, 2.45) is 0 Å². The number of hydrogen-bond donors (Lipinski definition) is 0. The molecule has 0 bridgehead atoms. The van der Waals surface area contributed by atoms with Crippen molar-refractivity contribution in [3.8, 4) is 6.07 Å². The van der Waals surface area contributed by atoms with Crippen LogP contribution in [0.25, 0.3) is 4.96 Å². The molecule has 0 spiro atoms. The van der Waals surface area contributed by atoms with Gasteiger partial charge < -0.3 is 0 Å². The van der Waals surface area contributed by atoms with E-state index >= 15 is 0 Å². The van der Waals surface area contributed by atoms with E-state index in [1.807, 2.05) is 22.2 Å². The molecule has 0 saturated carbocycles. The highest BCUT2D eigenvalue weighted by molar-refractivity contribution is 7.15. The van der Waals surface area contributed by atoms with Gasteiger partial charge in [-0.2, -0.15) is 5.26 Å². The second-order valence-corrected chi connectivity index (χ2v) is 3.36. The van der Waals surface area contributed by atoms with E-state index in [9.17, 15) is 0 Å². The highest BCUT2D eigenvalue weighted by Crippen LogP contribution is 2.11. The molecule has 2 heterocycles. The summed E-state index contributed by atoms with van der Waals surface area (Å²) in [6, 6.07) is 2.11. The van der Waals surface area contributed by atoms with Crippen molar-refractivity contribution in [1.82, 2.24) is 9.38 Å². The van der Waals surface area contributed by atoms with E-state index in [0.717, 1.165) is 17.1 Å². The first kappa shape index (κ1) is 7.32. The third kappa shape index (κ3) is 1.19. The van der Waals surface area contributed by atoms with Crippen LogP contribution < -0.4 is 0 Å². The number of thiazole rings is 1. The molecule has 0 aliphatic carbocycles. The predicted molar refractivity (Wildman–Crippen MR) is 47.0 cm³/mol. The average Bonchev–Trinajstić information content (AvgIpc) is 2.58. The zero-order valence-electron chi connectivity index (χ0n) is 6.40. The largest absolute Gasteiger partial charge is 0.297 e. The van der Waals surface area contributed by atoms with Gasteiger partial charge in [0, 0.05) is 30.6 Å². The van der Waals surface area contributed by atoms with Gasteiger partial charge in [-0.1, -0.05) is 0 Å². The molecule has 2 rings (SSSR count). The van der Waals surface area contributed by atoms with Gasteiger partial charge in [-0.15, -0.1) is 11.3 Å². The van der Waals surface area contributed by atoms with Crippen LogP contribution in [0.15, 0.2) is 17.8 Å². The van der Waals surface area contributed by atoms with Gasteiger partial charge in [-0.05, 0) is 0 Å². The molecule has 0 atom stereocenters. The smallest absolute Gasteiger partial charge is 0.193 e. The van der Waals surface area contributed by atoms with E-state index in [2.05, 4.69) is 11.1 Å². The van der Waals surface area contributed by atoms with Crippen molar-refractivity contribution in [2.45, 2.75) is 12.8 Å². The van der Waals surface area contributed by atoms with E-state index in [0.29, 0.717) is 6.42 Å². The van der Waals surface area contributed by atoms with E-state index in [-0.39, 0.29) is 0 Å². The van der Waals surface area contributed by atoms with E-state index < -0.39 is 0 Å². The van der Waals surface area contributed by atoms with Crippen LogP contribution in [0.5, 0.6) is 0 Å². The number of aryl methyl sites for hydroxylation is 1. The quantitative estimate of drug-likeness (QED) is 0.702. The molecule has 2 aromatic rings. The standard InChI is InChI=1S/C8H7N3S/c9-3-1-2-7-6-11-4-5-12-8(11)10-7/h4-6H,1-2H2. The van der Waals surface area contributed by atoms with Crippen LogP contribution >= 0.6 is 11.3 Å². The van der Waals surface area contributed by atoms with Gasteiger partial charge >= 0.3 is 0 Å². The molecule has 0 aliphatic heterocycles. The van der Waals surface area contributed by atoms with Crippen molar-refractivity contribution in [3.05, 3.63) is 23.5 Å². The minimum Gasteiger partial charge on any atom is -0.297 e. The Kier molecular flexibility index (Phi) is 1.80. The van der Waals surface area contributed by atoms with Gasteiger partial charge in [0.05, 0.1) is 11.8 Å². The Bertz CT molecular complexity index is 392. The monoisotopic (exact) mass is 177 g/mol. The fraction of sp³-hybridized carbons (Fsp3) is 0.250. The van der Waals surface area contributed by atoms with Gasteiger partial charge in [0.2, 0.25) is 0 Å². The minimum absolute atomic E-state index is 0.546. The van der Waals surface area contributed by atoms with Gasteiger partial charge in [0.15, 0.2) is 4.96 Å². The van der Waals surface area contributed by atoms with Gasteiger partial charge in [0.1, 0.15) is 0 Å². The number of hydrogen-bond acceptors (Lipinski definition) is 3. The van der Waals surface area contributed by atoms with Gasteiger partial charge in [0.25, 0.3) is 0 Å². The Morgan fingerprint density at radius 1 is 1.67 bits per heavy atom. The number of imidazole rings is 1. The normalized spacial score (nSPS) is 10.2. The molecule has 0 radical (unpaired) electrons. The highest BCUT2D eigenvalue weighted by Gasteiger charge is 2.00. The third-order valence-electron chi connectivity index (χ3n) is 1.64. The summed E-state index contributed by atoms with van der Waals surface area (Å²) in [5.41, 5.74) is 1.00. The highest BCUT2D eigenvalue weighted by atomic mass is 32.1. The summed E-state index contributed by atoms with van der Waals surface area (Å²) < 4.78 is 1.98. The molecular formula is C8H7N3S. The molecule has 4 heteroatoms. The molecule has 0 amide bonds. The number of aromatic nitrogens is 2. The Morgan fingerprint density at radius 3 is 3.33 bits per heavy atom. The summed E-state index contributed by atoms with van der Waals surface area (Å²) in [6.07, 6.45) is 5.25. The van der Waals surface area contributed by atoms with E-state index in [4.69, 9.17) is 5.26 Å². The summed E-state index contributed by atoms with van der Waals surface area (Å²) in [6.45, 7) is 0. The maximum atomic E-state index is 8.37. The Morgan fingerprint density at radius 2 is 2.58 bits per heavy atom. The fourth-order valence-corrected chi connectivity index (χ4v) is 1.80. The first-order chi connectivity index (χ1) is 5.90. The molecule has 60 valence electrons. The molecule has 12 heavy (non-hydrogen) atoms. The lowest BCUT2D eigenvalue weighted by atomic mass is 10.3. The summed E-state index contributed by atoms with van der Waals surface area (Å²) >= 11 is 1.61. The summed E-state index contributed by atoms with van der Waals surface area (Å²) in [5, 5.41) is 10.4. The van der Waals surface area contributed by atoms with Crippen LogP contribution in [0.1, 0.15) is 12.1 Å². The predicted octanol–water partition coefficient (Wildman–Crippen LogP) is 1.85. The summed E-state index contributed by atoms with van der Waals surface area (Å²) in [5.74, 6) is 0. The molecule has 2 aromatic heterocycles. The second-order valence-electron chi connectivity index (χ2n) is 2.48. The van der Waals surface area contributed by atoms with Gasteiger partial charge in [-0.3, -0.25) is 4.40 Å². The number of rotatable bonds is 2. The summed E-state index contributed by atoms with van der Waals surface area (Å²) in [4.78, 5) is 5.34. The number of nitriles is 1. The van der Waals surface area contributed by atoms with Crippen LogP contribution in [-0.2, 0) is 6.42 Å². The Hall–Kier alpha value is -1.34. The molecule has 0 fully saturated rings. The zero-order chi connectivity index (χ0) is 8.39. The third-order valence-corrected chi connectivity index (χ3v) is 2.41. The van der Waals surface area contributed by atoms with Crippen molar-refractivity contribution in [1.29, 1.82) is 5.26 Å². The van der Waals surface area contributed by atoms with Crippen LogP contribution in [0.3, 0.4) is 0 Å². The molecule has 3 nitrogen and oxygen atoms in total. The lowest BCUT2D eigenvalue weighted by Crippen LogP contribution is -1.81. The molecule has 0 saturated heterocycles. The average molecular weight is 177 g/mol. The van der Waals surface area contributed by atoms with E-state index in [1.165, 1.54) is 0 Å².